The maximum Gasteiger partial charge on any atom is 0.172 e. The molecule has 0 fully saturated rings. The van der Waals surface area contributed by atoms with Crippen LogP contribution in [0.15, 0.2) is 21.6 Å². The van der Waals surface area contributed by atoms with E-state index in [0.717, 1.165) is 29.8 Å². The molecule has 1 N–H and O–H groups in total. The Morgan fingerprint density at radius 3 is 2.96 bits per heavy atom. The lowest BCUT2D eigenvalue weighted by atomic mass is 9.96. The monoisotopic (exact) mass is 404 g/mol. The van der Waals surface area contributed by atoms with Crippen molar-refractivity contribution in [3.63, 3.8) is 0 Å². The lowest BCUT2D eigenvalue weighted by Gasteiger charge is -2.09. The average molecular weight is 405 g/mol. The molecule has 4 nitrogen and oxygen atoms in total. The summed E-state index contributed by atoms with van der Waals surface area (Å²) in [4.78, 5) is 5.84. The van der Waals surface area contributed by atoms with Crippen LogP contribution in [0.3, 0.4) is 0 Å². The fourth-order valence-corrected chi connectivity index (χ4v) is 4.47. The summed E-state index contributed by atoms with van der Waals surface area (Å²) in [7, 11) is 0. The van der Waals surface area contributed by atoms with Crippen molar-refractivity contribution < 1.29 is 9.84 Å². The van der Waals surface area contributed by atoms with E-state index in [1.54, 1.807) is 29.7 Å². The predicted molar refractivity (Wildman–Crippen MR) is 99.9 cm³/mol. The second-order valence-electron chi connectivity index (χ2n) is 5.54. The number of nitrogens with zero attached hydrogens (tertiary/aromatic N) is 2. The second kappa shape index (κ2) is 7.37. The van der Waals surface area contributed by atoms with Crippen LogP contribution in [-0.4, -0.2) is 17.9 Å². The Labute approximate surface area is 153 Å². The minimum absolute atomic E-state index is 0.0818. The largest absolute Gasteiger partial charge is 0.503 e. The summed E-state index contributed by atoms with van der Waals surface area (Å²) in [5.41, 5.74) is 2.70. The molecule has 124 valence electrons. The van der Waals surface area contributed by atoms with E-state index >= 15 is 0 Å². The number of hydrogen-bond acceptors (Lipinski definition) is 5. The van der Waals surface area contributed by atoms with Crippen LogP contribution in [0.5, 0.6) is 11.5 Å². The first-order valence-electron chi connectivity index (χ1n) is 7.88. The normalized spacial score (nSPS) is 13.7. The molecule has 0 unspecified atom stereocenters. The van der Waals surface area contributed by atoms with Gasteiger partial charge in [-0.1, -0.05) is 0 Å². The van der Waals surface area contributed by atoms with Crippen molar-refractivity contribution in [2.24, 2.45) is 4.99 Å². The molecule has 0 saturated heterocycles. The molecule has 2 aromatic rings. The quantitative estimate of drug-likeness (QED) is 0.719. The third kappa shape index (κ3) is 3.33. The molecule has 1 aliphatic carbocycles. The number of fused-ring (bicyclic) bond motifs is 1. The molecule has 0 saturated carbocycles. The van der Waals surface area contributed by atoms with E-state index in [4.69, 9.17) is 4.74 Å². The number of aromatic hydroxyl groups is 1. The Bertz CT molecular complexity index is 837. The molecule has 6 heteroatoms. The van der Waals surface area contributed by atoms with Crippen molar-refractivity contribution in [2.75, 3.05) is 6.61 Å². The highest BCUT2D eigenvalue weighted by Crippen LogP contribution is 2.40. The zero-order valence-corrected chi connectivity index (χ0v) is 15.7. The second-order valence-corrected chi connectivity index (χ2v) is 7.48. The highest BCUT2D eigenvalue weighted by Gasteiger charge is 2.20. The molecule has 1 aromatic heterocycles. The van der Waals surface area contributed by atoms with Gasteiger partial charge in [0, 0.05) is 11.1 Å². The summed E-state index contributed by atoms with van der Waals surface area (Å²) in [6.07, 6.45) is 6.06. The number of rotatable bonds is 4. The summed E-state index contributed by atoms with van der Waals surface area (Å²) in [6.45, 7) is 2.33. The molecule has 1 aliphatic rings. The van der Waals surface area contributed by atoms with Gasteiger partial charge in [0.05, 0.1) is 16.6 Å². The Hall–Kier alpha value is -1.84. The van der Waals surface area contributed by atoms with Crippen LogP contribution < -0.4 is 4.74 Å². The van der Waals surface area contributed by atoms with E-state index in [-0.39, 0.29) is 5.75 Å². The predicted octanol–water partition coefficient (Wildman–Crippen LogP) is 5.12. The van der Waals surface area contributed by atoms with Gasteiger partial charge in [0.25, 0.3) is 0 Å². The van der Waals surface area contributed by atoms with Crippen LogP contribution in [0.25, 0.3) is 0 Å². The van der Waals surface area contributed by atoms with Crippen molar-refractivity contribution >= 4 is 38.5 Å². The number of benzene rings is 1. The standard InChI is InChI=1S/C18H17BrN2O2S/c1-2-23-15-8-11(7-14(19)17(15)22)10-21-18-13(9-20)12-5-3-4-6-16(12)24-18/h7-8,10,22H,2-6H2,1H3. The van der Waals surface area contributed by atoms with Crippen molar-refractivity contribution in [2.45, 2.75) is 32.6 Å². The molecule has 0 amide bonds. The first-order valence-corrected chi connectivity index (χ1v) is 9.49. The Kier molecular flexibility index (Phi) is 5.22. The third-order valence-electron chi connectivity index (χ3n) is 3.95. The molecule has 0 aliphatic heterocycles. The number of hydrogen-bond donors (Lipinski definition) is 1. The highest BCUT2D eigenvalue weighted by molar-refractivity contribution is 9.10. The Morgan fingerprint density at radius 1 is 1.42 bits per heavy atom. The maximum absolute atomic E-state index is 9.97. The number of ether oxygens (including phenoxy) is 1. The van der Waals surface area contributed by atoms with Crippen LogP contribution in [0.4, 0.5) is 5.00 Å². The van der Waals surface area contributed by atoms with Crippen molar-refractivity contribution in [3.8, 4) is 17.6 Å². The van der Waals surface area contributed by atoms with Crippen LogP contribution in [0.2, 0.25) is 0 Å². The fourth-order valence-electron chi connectivity index (χ4n) is 2.82. The minimum atomic E-state index is 0.0818. The molecule has 0 atom stereocenters. The maximum atomic E-state index is 9.97. The number of phenols is 1. The smallest absolute Gasteiger partial charge is 0.172 e. The van der Waals surface area contributed by atoms with E-state index in [9.17, 15) is 10.4 Å². The number of nitriles is 1. The van der Waals surface area contributed by atoms with E-state index in [0.29, 0.717) is 22.4 Å². The van der Waals surface area contributed by atoms with E-state index in [1.165, 1.54) is 16.9 Å². The number of halogens is 1. The summed E-state index contributed by atoms with van der Waals surface area (Å²) in [6, 6.07) is 5.84. The van der Waals surface area contributed by atoms with Gasteiger partial charge in [-0.15, -0.1) is 11.3 Å². The number of aliphatic imine (C=N–C) groups is 1. The van der Waals surface area contributed by atoms with Crippen LogP contribution in [0, 0.1) is 11.3 Å². The van der Waals surface area contributed by atoms with E-state index in [2.05, 4.69) is 27.0 Å². The summed E-state index contributed by atoms with van der Waals surface area (Å²) < 4.78 is 5.99. The van der Waals surface area contributed by atoms with Gasteiger partial charge >= 0.3 is 0 Å². The van der Waals surface area contributed by atoms with Gasteiger partial charge in [0.15, 0.2) is 11.5 Å². The van der Waals surface area contributed by atoms with E-state index < -0.39 is 0 Å². The van der Waals surface area contributed by atoms with Crippen LogP contribution in [0.1, 0.15) is 41.3 Å². The lowest BCUT2D eigenvalue weighted by Crippen LogP contribution is -1.99. The molecule has 24 heavy (non-hydrogen) atoms. The van der Waals surface area contributed by atoms with Gasteiger partial charge in [-0.3, -0.25) is 0 Å². The number of aryl methyl sites for hydroxylation is 1. The molecule has 0 spiro atoms. The molecular weight excluding hydrogens is 388 g/mol. The SMILES string of the molecule is CCOc1cc(C=Nc2sc3c(c2C#N)CCCC3)cc(Br)c1O. The van der Waals surface area contributed by atoms with Gasteiger partial charge < -0.3 is 9.84 Å². The van der Waals surface area contributed by atoms with Crippen LogP contribution >= 0.6 is 27.3 Å². The summed E-state index contributed by atoms with van der Waals surface area (Å²) >= 11 is 4.94. The van der Waals surface area contributed by atoms with Gasteiger partial charge in [-0.05, 0) is 71.8 Å². The molecule has 1 aromatic carbocycles. The van der Waals surface area contributed by atoms with Gasteiger partial charge in [0.1, 0.15) is 11.1 Å². The van der Waals surface area contributed by atoms with Gasteiger partial charge in [-0.2, -0.15) is 5.26 Å². The Balaban J connectivity index is 1.94. The fraction of sp³-hybridized carbons (Fsp3) is 0.333. The molecule has 1 heterocycles. The minimum Gasteiger partial charge on any atom is -0.503 e. The van der Waals surface area contributed by atoms with Gasteiger partial charge in [-0.25, -0.2) is 4.99 Å². The van der Waals surface area contributed by atoms with Crippen LogP contribution in [-0.2, 0) is 12.8 Å². The summed E-state index contributed by atoms with van der Waals surface area (Å²) in [5, 5.41) is 20.2. The number of thiophene rings is 1. The lowest BCUT2D eigenvalue weighted by molar-refractivity contribution is 0.317. The van der Waals surface area contributed by atoms with Crippen molar-refractivity contribution in [1.82, 2.24) is 0 Å². The first-order chi connectivity index (χ1) is 11.6. The molecule has 3 rings (SSSR count). The topological polar surface area (TPSA) is 65.6 Å². The molecule has 0 bridgehead atoms. The zero-order chi connectivity index (χ0) is 17.1. The average Bonchev–Trinajstić information content (AvgIpc) is 2.95. The van der Waals surface area contributed by atoms with Gasteiger partial charge in [0.2, 0.25) is 0 Å². The highest BCUT2D eigenvalue weighted by atomic mass is 79.9. The van der Waals surface area contributed by atoms with Crippen molar-refractivity contribution in [1.29, 1.82) is 5.26 Å². The number of phenolic OH excluding ortho intramolecular Hbond substituents is 1. The molecular formula is C18H17BrN2O2S. The van der Waals surface area contributed by atoms with E-state index in [1.807, 2.05) is 6.92 Å². The Morgan fingerprint density at radius 2 is 2.21 bits per heavy atom. The first kappa shape index (κ1) is 17.0. The summed E-state index contributed by atoms with van der Waals surface area (Å²) in [5.74, 6) is 0.498. The third-order valence-corrected chi connectivity index (χ3v) is 5.75. The zero-order valence-electron chi connectivity index (χ0n) is 13.3. The molecule has 0 radical (unpaired) electrons. The van der Waals surface area contributed by atoms with Crippen molar-refractivity contribution in [3.05, 3.63) is 38.2 Å².